The topological polar surface area (TPSA) is 118 Å². The number of sulfonamides is 1. The predicted octanol–water partition coefficient (Wildman–Crippen LogP) is 0.935. The summed E-state index contributed by atoms with van der Waals surface area (Å²) in [6.45, 7) is 3.22. The van der Waals surface area contributed by atoms with Crippen LogP contribution >= 0.6 is 0 Å². The first-order chi connectivity index (χ1) is 12.3. The lowest BCUT2D eigenvalue weighted by Crippen LogP contribution is -2.31. The van der Waals surface area contributed by atoms with Crippen molar-refractivity contribution in [3.05, 3.63) is 29.8 Å². The maximum atomic E-state index is 12.1. The average molecular weight is 381 g/mol. The normalized spacial score (nSPS) is 19.0. The van der Waals surface area contributed by atoms with E-state index in [0.29, 0.717) is 25.9 Å². The van der Waals surface area contributed by atoms with Crippen LogP contribution < -0.4 is 15.8 Å². The van der Waals surface area contributed by atoms with Gasteiger partial charge in [-0.3, -0.25) is 9.59 Å². The monoisotopic (exact) mass is 381 g/mol. The Bertz CT molecular complexity index is 731. The fraction of sp³-hybridized carbons (Fsp3) is 0.556. The van der Waals surface area contributed by atoms with Crippen LogP contribution in [0, 0.1) is 11.8 Å². The van der Waals surface area contributed by atoms with Crippen LogP contribution in [0.3, 0.4) is 0 Å². The minimum atomic E-state index is -3.69. The summed E-state index contributed by atoms with van der Waals surface area (Å²) in [4.78, 5) is 24.1. The highest BCUT2D eigenvalue weighted by Crippen LogP contribution is 2.38. The first-order valence-corrected chi connectivity index (χ1v) is 10.5. The Morgan fingerprint density at radius 3 is 2.15 bits per heavy atom. The lowest BCUT2D eigenvalue weighted by Gasteiger charge is -2.07. The summed E-state index contributed by atoms with van der Waals surface area (Å²) < 4.78 is 22.4. The number of hydrogen-bond acceptors (Lipinski definition) is 4. The fourth-order valence-electron chi connectivity index (χ4n) is 2.80. The third-order valence-corrected chi connectivity index (χ3v) is 5.44. The van der Waals surface area contributed by atoms with E-state index in [9.17, 15) is 18.0 Å². The van der Waals surface area contributed by atoms with E-state index in [0.717, 1.165) is 24.8 Å². The lowest BCUT2D eigenvalue weighted by molar-refractivity contribution is -0.127. The highest BCUT2D eigenvalue weighted by molar-refractivity contribution is 7.89. The number of nitrogens with two attached hydrogens (primary N) is 1. The Morgan fingerprint density at radius 2 is 1.62 bits per heavy atom. The molecule has 2 atom stereocenters. The molecular formula is C18H27N3O4S. The van der Waals surface area contributed by atoms with E-state index in [-0.39, 0.29) is 28.5 Å². The number of carbonyl (C=O) groups excluding carboxylic acids is 2. The minimum Gasteiger partial charge on any atom is -0.356 e. The summed E-state index contributed by atoms with van der Waals surface area (Å²) in [6, 6.07) is 6.25. The van der Waals surface area contributed by atoms with Crippen molar-refractivity contribution in [1.82, 2.24) is 10.6 Å². The van der Waals surface area contributed by atoms with Crippen molar-refractivity contribution >= 4 is 21.8 Å². The Kier molecular flexibility index (Phi) is 7.16. The molecular weight excluding hydrogens is 354 g/mol. The molecule has 1 aliphatic rings. The molecule has 2 unspecified atom stereocenters. The number of benzene rings is 1. The van der Waals surface area contributed by atoms with Gasteiger partial charge in [0.15, 0.2) is 0 Å². The molecule has 144 valence electrons. The van der Waals surface area contributed by atoms with Gasteiger partial charge in [0.2, 0.25) is 21.8 Å². The second kappa shape index (κ2) is 9.14. The molecule has 1 aromatic carbocycles. The van der Waals surface area contributed by atoms with Crippen molar-refractivity contribution in [2.45, 2.75) is 43.9 Å². The number of rotatable bonds is 10. The molecule has 0 spiro atoms. The number of unbranched alkanes of at least 4 members (excludes halogenated alkanes) is 2. The Hall–Kier alpha value is -1.93. The van der Waals surface area contributed by atoms with Crippen molar-refractivity contribution < 1.29 is 18.0 Å². The molecule has 0 radical (unpaired) electrons. The van der Waals surface area contributed by atoms with Gasteiger partial charge in [0.25, 0.3) is 0 Å². The maximum Gasteiger partial charge on any atom is 0.238 e. The Balaban J connectivity index is 1.67. The molecule has 0 aliphatic heterocycles. The number of nitrogens with one attached hydrogen (secondary N) is 2. The molecule has 4 N–H and O–H groups in total. The summed E-state index contributed by atoms with van der Waals surface area (Å²) in [5.41, 5.74) is 0.902. The molecule has 0 aromatic heterocycles. The van der Waals surface area contributed by atoms with Crippen LogP contribution in [0.25, 0.3) is 0 Å². The number of primary sulfonamides is 1. The van der Waals surface area contributed by atoms with E-state index in [2.05, 4.69) is 17.6 Å². The van der Waals surface area contributed by atoms with Crippen LogP contribution in [0.4, 0.5) is 0 Å². The molecule has 1 aliphatic carbocycles. The smallest absolute Gasteiger partial charge is 0.238 e. The molecule has 0 bridgehead atoms. The van der Waals surface area contributed by atoms with E-state index in [1.54, 1.807) is 12.1 Å². The van der Waals surface area contributed by atoms with Gasteiger partial charge in [-0.2, -0.15) is 0 Å². The van der Waals surface area contributed by atoms with E-state index < -0.39 is 10.0 Å². The summed E-state index contributed by atoms with van der Waals surface area (Å²) in [5.74, 6) is -0.559. The van der Waals surface area contributed by atoms with Crippen LogP contribution in [0.2, 0.25) is 0 Å². The molecule has 7 nitrogen and oxygen atoms in total. The summed E-state index contributed by atoms with van der Waals surface area (Å²) >= 11 is 0. The molecule has 0 heterocycles. The van der Waals surface area contributed by atoms with Crippen molar-refractivity contribution in [2.75, 3.05) is 13.1 Å². The van der Waals surface area contributed by atoms with Gasteiger partial charge in [0.05, 0.1) is 16.7 Å². The van der Waals surface area contributed by atoms with E-state index in [1.165, 1.54) is 12.1 Å². The van der Waals surface area contributed by atoms with Gasteiger partial charge in [-0.1, -0.05) is 31.9 Å². The van der Waals surface area contributed by atoms with Crippen LogP contribution in [-0.2, 0) is 26.0 Å². The second-order valence-electron chi connectivity index (χ2n) is 6.68. The fourth-order valence-corrected chi connectivity index (χ4v) is 3.31. The standard InChI is InChI=1S/C18H27N3O4S/c1-2-3-4-10-20-17(22)15-12-16(15)18(23)21-11-9-13-5-7-14(8-6-13)26(19,24)25/h5-8,15-16H,2-4,9-12H2,1H3,(H,20,22)(H,21,23)(H2,19,24,25). The lowest BCUT2D eigenvalue weighted by atomic mass is 10.1. The largest absolute Gasteiger partial charge is 0.356 e. The minimum absolute atomic E-state index is 0.0279. The summed E-state index contributed by atoms with van der Waals surface area (Å²) in [7, 11) is -3.69. The number of amides is 2. The van der Waals surface area contributed by atoms with Gasteiger partial charge in [0, 0.05) is 13.1 Å². The van der Waals surface area contributed by atoms with Crippen LogP contribution in [0.1, 0.15) is 38.2 Å². The van der Waals surface area contributed by atoms with Crippen LogP contribution in [0.15, 0.2) is 29.2 Å². The Labute approximate surface area is 154 Å². The zero-order valence-electron chi connectivity index (χ0n) is 15.0. The summed E-state index contributed by atoms with van der Waals surface area (Å²) in [5, 5.41) is 10.8. The molecule has 1 fully saturated rings. The zero-order chi connectivity index (χ0) is 19.2. The van der Waals surface area contributed by atoms with E-state index >= 15 is 0 Å². The molecule has 26 heavy (non-hydrogen) atoms. The van der Waals surface area contributed by atoms with Gasteiger partial charge >= 0.3 is 0 Å². The predicted molar refractivity (Wildman–Crippen MR) is 98.7 cm³/mol. The van der Waals surface area contributed by atoms with Crippen LogP contribution in [-0.4, -0.2) is 33.3 Å². The number of carbonyl (C=O) groups is 2. The van der Waals surface area contributed by atoms with E-state index in [4.69, 9.17) is 5.14 Å². The van der Waals surface area contributed by atoms with Crippen molar-refractivity contribution in [3.63, 3.8) is 0 Å². The molecule has 8 heteroatoms. The van der Waals surface area contributed by atoms with Crippen molar-refractivity contribution in [3.8, 4) is 0 Å². The summed E-state index contributed by atoms with van der Waals surface area (Å²) in [6.07, 6.45) is 4.35. The van der Waals surface area contributed by atoms with Gasteiger partial charge in [-0.25, -0.2) is 13.6 Å². The van der Waals surface area contributed by atoms with Gasteiger partial charge in [0.1, 0.15) is 0 Å². The average Bonchev–Trinajstić information content (AvgIpc) is 3.39. The molecule has 0 saturated heterocycles. The molecule has 1 aromatic rings. The maximum absolute atomic E-state index is 12.1. The molecule has 2 amide bonds. The van der Waals surface area contributed by atoms with Crippen molar-refractivity contribution in [2.24, 2.45) is 17.0 Å². The first kappa shape index (κ1) is 20.4. The third kappa shape index (κ3) is 6.10. The first-order valence-electron chi connectivity index (χ1n) is 9.00. The van der Waals surface area contributed by atoms with E-state index in [1.807, 2.05) is 0 Å². The molecule has 2 rings (SSSR count). The van der Waals surface area contributed by atoms with Gasteiger partial charge in [-0.05, 0) is 37.0 Å². The van der Waals surface area contributed by atoms with Gasteiger partial charge < -0.3 is 10.6 Å². The number of hydrogen-bond donors (Lipinski definition) is 3. The zero-order valence-corrected chi connectivity index (χ0v) is 15.8. The Morgan fingerprint density at radius 1 is 1.04 bits per heavy atom. The third-order valence-electron chi connectivity index (χ3n) is 4.51. The van der Waals surface area contributed by atoms with Gasteiger partial charge in [-0.15, -0.1) is 0 Å². The quantitative estimate of drug-likeness (QED) is 0.523. The SMILES string of the molecule is CCCCCNC(=O)C1CC1C(=O)NCCc1ccc(S(N)(=O)=O)cc1. The van der Waals surface area contributed by atoms with Crippen molar-refractivity contribution in [1.29, 1.82) is 0 Å². The highest BCUT2D eigenvalue weighted by atomic mass is 32.2. The second-order valence-corrected chi connectivity index (χ2v) is 8.24. The highest BCUT2D eigenvalue weighted by Gasteiger charge is 2.47. The van der Waals surface area contributed by atoms with Crippen LogP contribution in [0.5, 0.6) is 0 Å². The molecule has 1 saturated carbocycles.